The number of benzene rings is 1. The van der Waals surface area contributed by atoms with Crippen LogP contribution in [0.5, 0.6) is 0 Å². The fraction of sp³-hybridized carbons (Fsp3) is 0.333. The molecule has 0 fully saturated rings. The number of alkyl halides is 1. The van der Waals surface area contributed by atoms with Gasteiger partial charge in [-0.1, -0.05) is 22.0 Å². The van der Waals surface area contributed by atoms with Gasteiger partial charge in [0.25, 0.3) is 0 Å². The second-order valence-corrected chi connectivity index (χ2v) is 4.38. The highest BCUT2D eigenvalue weighted by Gasteiger charge is 2.18. The number of hydrogen-bond donors (Lipinski definition) is 0. The lowest BCUT2D eigenvalue weighted by atomic mass is 10.2. The molecule has 0 aliphatic heterocycles. The van der Waals surface area contributed by atoms with Crippen molar-refractivity contribution in [3.8, 4) is 11.4 Å². The quantitative estimate of drug-likeness (QED) is 0.791. The molecule has 0 unspecified atom stereocenters. The summed E-state index contributed by atoms with van der Waals surface area (Å²) in [7, 11) is 1.57. The Morgan fingerprint density at radius 1 is 1.32 bits per heavy atom. The Bertz CT molecular complexity index is 574. The fourth-order valence-electron chi connectivity index (χ4n) is 1.73. The molecule has 102 valence electrons. The maximum atomic E-state index is 13.8. The Morgan fingerprint density at radius 3 is 2.79 bits per heavy atom. The maximum absolute atomic E-state index is 13.8. The highest BCUT2D eigenvalue weighted by molar-refractivity contribution is 9.08. The van der Waals surface area contributed by atoms with Crippen LogP contribution in [0.4, 0.5) is 8.78 Å². The summed E-state index contributed by atoms with van der Waals surface area (Å²) in [6.07, 6.45) is 0. The number of ether oxygens (including phenoxy) is 1. The average molecular weight is 332 g/mol. The van der Waals surface area contributed by atoms with Gasteiger partial charge >= 0.3 is 0 Å². The van der Waals surface area contributed by atoms with E-state index in [4.69, 9.17) is 4.74 Å². The van der Waals surface area contributed by atoms with Crippen molar-refractivity contribution < 1.29 is 13.5 Å². The lowest BCUT2D eigenvalue weighted by Gasteiger charge is -2.09. The third kappa shape index (κ3) is 2.82. The Hall–Kier alpha value is -1.34. The van der Waals surface area contributed by atoms with E-state index < -0.39 is 11.6 Å². The smallest absolute Gasteiger partial charge is 0.169 e. The fourth-order valence-corrected chi connectivity index (χ4v) is 2.14. The van der Waals surface area contributed by atoms with Crippen molar-refractivity contribution in [2.45, 2.75) is 11.9 Å². The molecule has 0 amide bonds. The lowest BCUT2D eigenvalue weighted by molar-refractivity contribution is 0.187. The largest absolute Gasteiger partial charge is 0.383 e. The Morgan fingerprint density at radius 2 is 2.11 bits per heavy atom. The number of halogens is 3. The predicted molar refractivity (Wildman–Crippen MR) is 69.9 cm³/mol. The van der Waals surface area contributed by atoms with E-state index in [0.717, 1.165) is 6.07 Å². The van der Waals surface area contributed by atoms with E-state index in [2.05, 4.69) is 26.1 Å². The van der Waals surface area contributed by atoms with E-state index in [9.17, 15) is 8.78 Å². The van der Waals surface area contributed by atoms with Gasteiger partial charge in [-0.25, -0.2) is 8.78 Å². The highest BCUT2D eigenvalue weighted by Crippen LogP contribution is 2.24. The van der Waals surface area contributed by atoms with Crippen molar-refractivity contribution >= 4 is 15.9 Å². The first-order valence-corrected chi connectivity index (χ1v) is 6.72. The topological polar surface area (TPSA) is 39.9 Å². The van der Waals surface area contributed by atoms with Crippen LogP contribution in [0.25, 0.3) is 11.4 Å². The van der Waals surface area contributed by atoms with Crippen LogP contribution in [0, 0.1) is 11.6 Å². The van der Waals surface area contributed by atoms with Gasteiger partial charge in [-0.3, -0.25) is 0 Å². The zero-order valence-electron chi connectivity index (χ0n) is 10.2. The third-order valence-corrected chi connectivity index (χ3v) is 3.16. The van der Waals surface area contributed by atoms with Crippen LogP contribution in [0.3, 0.4) is 0 Å². The first-order valence-electron chi connectivity index (χ1n) is 5.60. The van der Waals surface area contributed by atoms with Crippen LogP contribution in [0.2, 0.25) is 0 Å². The number of nitrogens with zero attached hydrogens (tertiary/aromatic N) is 3. The summed E-state index contributed by atoms with van der Waals surface area (Å²) in [5, 5.41) is 8.36. The van der Waals surface area contributed by atoms with Crippen molar-refractivity contribution in [2.24, 2.45) is 0 Å². The molecule has 0 aliphatic carbocycles. The van der Waals surface area contributed by atoms with Gasteiger partial charge in [0.15, 0.2) is 17.5 Å². The van der Waals surface area contributed by atoms with E-state index >= 15 is 0 Å². The van der Waals surface area contributed by atoms with Gasteiger partial charge in [-0.2, -0.15) is 0 Å². The number of hydrogen-bond acceptors (Lipinski definition) is 3. The molecule has 0 atom stereocenters. The Kier molecular flexibility index (Phi) is 4.60. The first kappa shape index (κ1) is 14.1. The molecule has 1 aromatic heterocycles. The van der Waals surface area contributed by atoms with Crippen molar-refractivity contribution in [1.82, 2.24) is 14.8 Å². The summed E-state index contributed by atoms with van der Waals surface area (Å²) in [5.74, 6) is -0.895. The van der Waals surface area contributed by atoms with E-state index in [-0.39, 0.29) is 5.56 Å². The standard InChI is InChI=1S/C12H12BrF2N3O/c1-19-6-5-18-10(7-13)16-17-12(18)8-3-2-4-9(14)11(8)15/h2-4H,5-7H2,1H3. The molecule has 0 spiro atoms. The van der Waals surface area contributed by atoms with Gasteiger partial charge in [0.2, 0.25) is 0 Å². The monoisotopic (exact) mass is 331 g/mol. The van der Waals surface area contributed by atoms with E-state index in [1.807, 2.05) is 0 Å². The first-order chi connectivity index (χ1) is 9.19. The molecule has 19 heavy (non-hydrogen) atoms. The van der Waals surface area contributed by atoms with Crippen LogP contribution in [-0.2, 0) is 16.6 Å². The molecule has 7 heteroatoms. The third-order valence-electron chi connectivity index (χ3n) is 2.66. The Labute approximate surface area is 117 Å². The summed E-state index contributed by atoms with van der Waals surface area (Å²) in [4.78, 5) is 0. The molecular formula is C12H12BrF2N3O. The molecule has 1 heterocycles. The number of aromatic nitrogens is 3. The van der Waals surface area contributed by atoms with Crippen LogP contribution in [-0.4, -0.2) is 28.5 Å². The summed E-state index contributed by atoms with van der Waals surface area (Å²) < 4.78 is 33.8. The molecule has 2 rings (SSSR count). The molecule has 0 bridgehead atoms. The van der Waals surface area contributed by atoms with E-state index in [1.54, 1.807) is 11.7 Å². The number of methoxy groups -OCH3 is 1. The zero-order chi connectivity index (χ0) is 13.8. The molecule has 2 aromatic rings. The van der Waals surface area contributed by atoms with Crippen molar-refractivity contribution in [1.29, 1.82) is 0 Å². The minimum Gasteiger partial charge on any atom is -0.383 e. The molecule has 0 radical (unpaired) electrons. The molecule has 0 N–H and O–H groups in total. The molecule has 4 nitrogen and oxygen atoms in total. The Balaban J connectivity index is 2.49. The van der Waals surface area contributed by atoms with Crippen LogP contribution < -0.4 is 0 Å². The minimum atomic E-state index is -0.922. The normalized spacial score (nSPS) is 10.9. The predicted octanol–water partition coefficient (Wildman–Crippen LogP) is 2.76. The maximum Gasteiger partial charge on any atom is 0.169 e. The van der Waals surface area contributed by atoms with Gasteiger partial charge in [0.1, 0.15) is 5.82 Å². The zero-order valence-corrected chi connectivity index (χ0v) is 11.8. The van der Waals surface area contributed by atoms with Gasteiger partial charge < -0.3 is 9.30 Å². The molecule has 0 aliphatic rings. The molecular weight excluding hydrogens is 320 g/mol. The van der Waals surface area contributed by atoms with Gasteiger partial charge in [0.05, 0.1) is 17.5 Å². The van der Waals surface area contributed by atoms with Gasteiger partial charge in [-0.15, -0.1) is 10.2 Å². The second kappa shape index (κ2) is 6.21. The molecule has 0 saturated heterocycles. The molecule has 0 saturated carbocycles. The van der Waals surface area contributed by atoms with Crippen molar-refractivity contribution in [3.05, 3.63) is 35.7 Å². The highest BCUT2D eigenvalue weighted by atomic mass is 79.9. The summed E-state index contributed by atoms with van der Waals surface area (Å²) >= 11 is 3.29. The van der Waals surface area contributed by atoms with Gasteiger partial charge in [0, 0.05) is 13.7 Å². The van der Waals surface area contributed by atoms with Gasteiger partial charge in [-0.05, 0) is 12.1 Å². The second-order valence-electron chi connectivity index (χ2n) is 3.82. The van der Waals surface area contributed by atoms with E-state index in [0.29, 0.717) is 30.1 Å². The van der Waals surface area contributed by atoms with Crippen LogP contribution in [0.15, 0.2) is 18.2 Å². The summed E-state index contributed by atoms with van der Waals surface area (Å²) in [5.41, 5.74) is 0.0933. The molecule has 1 aromatic carbocycles. The summed E-state index contributed by atoms with van der Waals surface area (Å²) in [6.45, 7) is 0.900. The summed E-state index contributed by atoms with van der Waals surface area (Å²) in [6, 6.07) is 3.99. The van der Waals surface area contributed by atoms with Crippen molar-refractivity contribution in [2.75, 3.05) is 13.7 Å². The van der Waals surface area contributed by atoms with E-state index in [1.165, 1.54) is 12.1 Å². The SMILES string of the molecule is COCCn1c(CBr)nnc1-c1cccc(F)c1F. The average Bonchev–Trinajstić information content (AvgIpc) is 2.82. The lowest BCUT2D eigenvalue weighted by Crippen LogP contribution is -2.09. The van der Waals surface area contributed by atoms with Crippen LogP contribution >= 0.6 is 15.9 Å². The van der Waals surface area contributed by atoms with Crippen LogP contribution in [0.1, 0.15) is 5.82 Å². The number of rotatable bonds is 5. The van der Waals surface area contributed by atoms with Crippen molar-refractivity contribution in [3.63, 3.8) is 0 Å². The minimum absolute atomic E-state index is 0.0933.